The molecule has 0 aliphatic rings. The van der Waals surface area contributed by atoms with Crippen LogP contribution in [0.3, 0.4) is 0 Å². The molecule has 0 aliphatic heterocycles. The summed E-state index contributed by atoms with van der Waals surface area (Å²) in [4.78, 5) is 15.5. The SMILES string of the molecule is O=C(CNS(=O)(=O)Cc1ccccc1F)Nc1cccnc1. The van der Waals surface area contributed by atoms with Crippen LogP contribution in [0.25, 0.3) is 0 Å². The van der Waals surface area contributed by atoms with Crippen LogP contribution in [-0.2, 0) is 20.6 Å². The van der Waals surface area contributed by atoms with Gasteiger partial charge in [0.1, 0.15) is 5.82 Å². The van der Waals surface area contributed by atoms with E-state index in [0.717, 1.165) is 0 Å². The van der Waals surface area contributed by atoms with Gasteiger partial charge in [0.2, 0.25) is 15.9 Å². The van der Waals surface area contributed by atoms with Gasteiger partial charge in [0.15, 0.2) is 0 Å². The maximum Gasteiger partial charge on any atom is 0.239 e. The Morgan fingerprint density at radius 3 is 2.64 bits per heavy atom. The van der Waals surface area contributed by atoms with Crippen LogP contribution in [0.5, 0.6) is 0 Å². The molecule has 0 radical (unpaired) electrons. The van der Waals surface area contributed by atoms with E-state index >= 15 is 0 Å². The zero-order valence-corrected chi connectivity index (χ0v) is 12.3. The fourth-order valence-corrected chi connectivity index (χ4v) is 2.79. The summed E-state index contributed by atoms with van der Waals surface area (Å²) < 4.78 is 39.2. The maximum atomic E-state index is 13.4. The molecular formula is C14H14FN3O3S. The molecule has 1 heterocycles. The third-order valence-electron chi connectivity index (χ3n) is 2.70. The monoisotopic (exact) mass is 323 g/mol. The van der Waals surface area contributed by atoms with Crippen LogP contribution in [0.2, 0.25) is 0 Å². The first-order chi connectivity index (χ1) is 10.5. The first-order valence-corrected chi connectivity index (χ1v) is 8.02. The van der Waals surface area contributed by atoms with Gasteiger partial charge in [0.05, 0.1) is 24.2 Å². The summed E-state index contributed by atoms with van der Waals surface area (Å²) in [5, 5.41) is 2.49. The average molecular weight is 323 g/mol. The lowest BCUT2D eigenvalue weighted by molar-refractivity contribution is -0.115. The van der Waals surface area contributed by atoms with Crippen molar-refractivity contribution in [2.45, 2.75) is 5.75 Å². The summed E-state index contributed by atoms with van der Waals surface area (Å²) >= 11 is 0. The maximum absolute atomic E-state index is 13.4. The number of sulfonamides is 1. The van der Waals surface area contributed by atoms with Crippen molar-refractivity contribution >= 4 is 21.6 Å². The Kier molecular flexibility index (Phi) is 5.18. The van der Waals surface area contributed by atoms with Gasteiger partial charge in [-0.15, -0.1) is 0 Å². The van der Waals surface area contributed by atoms with E-state index in [1.54, 1.807) is 24.4 Å². The predicted octanol–water partition coefficient (Wildman–Crippen LogP) is 1.28. The molecule has 0 atom stereocenters. The molecule has 0 spiro atoms. The molecule has 0 saturated carbocycles. The van der Waals surface area contributed by atoms with Gasteiger partial charge in [-0.05, 0) is 18.2 Å². The molecule has 0 fully saturated rings. The molecule has 2 aromatic rings. The quantitative estimate of drug-likeness (QED) is 0.838. The Bertz CT molecular complexity index is 751. The van der Waals surface area contributed by atoms with Gasteiger partial charge in [-0.1, -0.05) is 18.2 Å². The zero-order valence-electron chi connectivity index (χ0n) is 11.5. The second-order valence-electron chi connectivity index (χ2n) is 4.46. The van der Waals surface area contributed by atoms with Crippen molar-refractivity contribution in [3.63, 3.8) is 0 Å². The van der Waals surface area contributed by atoms with Gasteiger partial charge in [0.25, 0.3) is 0 Å². The zero-order chi connectivity index (χ0) is 16.0. The van der Waals surface area contributed by atoms with E-state index in [9.17, 15) is 17.6 Å². The second kappa shape index (κ2) is 7.10. The second-order valence-corrected chi connectivity index (χ2v) is 6.27. The highest BCUT2D eigenvalue weighted by Gasteiger charge is 2.15. The summed E-state index contributed by atoms with van der Waals surface area (Å²) in [6, 6.07) is 8.84. The van der Waals surface area contributed by atoms with E-state index in [1.807, 2.05) is 0 Å². The van der Waals surface area contributed by atoms with Gasteiger partial charge < -0.3 is 5.32 Å². The Morgan fingerprint density at radius 2 is 1.95 bits per heavy atom. The summed E-state index contributed by atoms with van der Waals surface area (Å²) in [7, 11) is -3.81. The Hall–Kier alpha value is -2.32. The molecule has 0 bridgehead atoms. The van der Waals surface area contributed by atoms with Gasteiger partial charge in [-0.2, -0.15) is 0 Å². The van der Waals surface area contributed by atoms with Crippen molar-refractivity contribution in [1.82, 2.24) is 9.71 Å². The number of rotatable bonds is 6. The fourth-order valence-electron chi connectivity index (χ4n) is 1.69. The number of halogens is 1. The standard InChI is InChI=1S/C14H14FN3O3S/c15-13-6-2-1-4-11(13)10-22(20,21)17-9-14(19)18-12-5-3-7-16-8-12/h1-8,17H,9-10H2,(H,18,19). The van der Waals surface area contributed by atoms with Crippen molar-refractivity contribution in [2.24, 2.45) is 0 Å². The number of amides is 1. The molecule has 0 saturated heterocycles. The average Bonchev–Trinajstić information content (AvgIpc) is 2.49. The van der Waals surface area contributed by atoms with Crippen molar-refractivity contribution < 1.29 is 17.6 Å². The normalized spacial score (nSPS) is 11.1. The number of hydrogen-bond donors (Lipinski definition) is 2. The molecule has 2 N–H and O–H groups in total. The van der Waals surface area contributed by atoms with E-state index in [-0.39, 0.29) is 5.56 Å². The highest BCUT2D eigenvalue weighted by molar-refractivity contribution is 7.88. The number of hydrogen-bond acceptors (Lipinski definition) is 4. The molecule has 0 unspecified atom stereocenters. The lowest BCUT2D eigenvalue weighted by Gasteiger charge is -2.08. The molecule has 1 aromatic carbocycles. The van der Waals surface area contributed by atoms with E-state index in [0.29, 0.717) is 5.69 Å². The van der Waals surface area contributed by atoms with Crippen molar-refractivity contribution in [1.29, 1.82) is 0 Å². The topological polar surface area (TPSA) is 88.2 Å². The number of benzene rings is 1. The fraction of sp³-hybridized carbons (Fsp3) is 0.143. The Labute approximate surface area is 127 Å². The van der Waals surface area contributed by atoms with Crippen LogP contribution in [0.15, 0.2) is 48.8 Å². The summed E-state index contributed by atoms with van der Waals surface area (Å²) in [5.41, 5.74) is 0.503. The molecule has 116 valence electrons. The first-order valence-electron chi connectivity index (χ1n) is 6.37. The van der Waals surface area contributed by atoms with Crippen LogP contribution >= 0.6 is 0 Å². The third kappa shape index (κ3) is 4.90. The van der Waals surface area contributed by atoms with Crippen LogP contribution in [-0.4, -0.2) is 25.9 Å². The first kappa shape index (κ1) is 16.1. The van der Waals surface area contributed by atoms with Crippen LogP contribution in [0.4, 0.5) is 10.1 Å². The number of carbonyl (C=O) groups is 1. The number of nitrogens with zero attached hydrogens (tertiary/aromatic N) is 1. The van der Waals surface area contributed by atoms with Gasteiger partial charge in [-0.3, -0.25) is 9.78 Å². The molecule has 0 aliphatic carbocycles. The van der Waals surface area contributed by atoms with Gasteiger partial charge in [-0.25, -0.2) is 17.5 Å². The predicted molar refractivity (Wildman–Crippen MR) is 79.9 cm³/mol. The van der Waals surface area contributed by atoms with Crippen molar-refractivity contribution in [3.05, 3.63) is 60.2 Å². The van der Waals surface area contributed by atoms with E-state index in [2.05, 4.69) is 15.0 Å². The smallest absolute Gasteiger partial charge is 0.239 e. The molecule has 2 rings (SSSR count). The number of nitrogens with one attached hydrogen (secondary N) is 2. The number of carbonyl (C=O) groups excluding carboxylic acids is 1. The summed E-state index contributed by atoms with van der Waals surface area (Å²) in [5.74, 6) is -1.67. The number of aromatic nitrogens is 1. The van der Waals surface area contributed by atoms with Crippen LogP contribution in [0.1, 0.15) is 5.56 Å². The Balaban J connectivity index is 1.90. The number of pyridine rings is 1. The van der Waals surface area contributed by atoms with Gasteiger partial charge >= 0.3 is 0 Å². The minimum absolute atomic E-state index is 0.0441. The molecule has 8 heteroatoms. The molecule has 22 heavy (non-hydrogen) atoms. The molecular weight excluding hydrogens is 309 g/mol. The van der Waals surface area contributed by atoms with Crippen molar-refractivity contribution in [2.75, 3.05) is 11.9 Å². The summed E-state index contributed by atoms with van der Waals surface area (Å²) in [6.45, 7) is -0.439. The van der Waals surface area contributed by atoms with E-state index in [1.165, 1.54) is 24.4 Å². The highest BCUT2D eigenvalue weighted by Crippen LogP contribution is 2.09. The summed E-state index contributed by atoms with van der Waals surface area (Å²) in [6.07, 6.45) is 2.98. The van der Waals surface area contributed by atoms with Crippen LogP contribution < -0.4 is 10.0 Å². The Morgan fingerprint density at radius 1 is 1.18 bits per heavy atom. The van der Waals surface area contributed by atoms with E-state index in [4.69, 9.17) is 0 Å². The lowest BCUT2D eigenvalue weighted by Crippen LogP contribution is -2.33. The third-order valence-corrected chi connectivity index (χ3v) is 3.98. The van der Waals surface area contributed by atoms with Crippen LogP contribution in [0, 0.1) is 5.82 Å². The minimum Gasteiger partial charge on any atom is -0.324 e. The lowest BCUT2D eigenvalue weighted by atomic mass is 10.2. The van der Waals surface area contributed by atoms with E-state index < -0.39 is 34.0 Å². The number of anilines is 1. The molecule has 6 nitrogen and oxygen atoms in total. The molecule has 1 aromatic heterocycles. The minimum atomic E-state index is -3.81. The van der Waals surface area contributed by atoms with Gasteiger partial charge in [0, 0.05) is 11.8 Å². The van der Waals surface area contributed by atoms with Crippen molar-refractivity contribution in [3.8, 4) is 0 Å². The molecule has 1 amide bonds. The largest absolute Gasteiger partial charge is 0.324 e. The highest BCUT2D eigenvalue weighted by atomic mass is 32.2.